The largest absolute Gasteiger partial charge is 0.310 e. The number of rotatable bonds is 12. The zero-order valence-corrected chi connectivity index (χ0v) is 64.5. The molecule has 16 aromatic carbocycles. The van der Waals surface area contributed by atoms with E-state index >= 15 is 0 Å². The van der Waals surface area contributed by atoms with Crippen LogP contribution in [0.15, 0.2) is 370 Å². The van der Waals surface area contributed by atoms with E-state index in [4.69, 9.17) is 0 Å². The lowest BCUT2D eigenvalue weighted by Gasteiger charge is -2.47. The molecule has 3 heterocycles. The normalized spacial score (nSPS) is 13.6. The van der Waals surface area contributed by atoms with E-state index in [1.165, 1.54) is 5.56 Å². The van der Waals surface area contributed by atoms with Gasteiger partial charge in [0.1, 0.15) is 0 Å². The fraction of sp³-hybridized carbons (Fsp3) is 0.111. The van der Waals surface area contributed by atoms with Crippen molar-refractivity contribution in [2.45, 2.75) is 78.6 Å². The highest BCUT2D eigenvalue weighted by Crippen LogP contribution is 2.57. The Bertz CT molecular complexity index is 6780. The Hall–Kier alpha value is -13.0. The van der Waals surface area contributed by atoms with Gasteiger partial charge in [0.2, 0.25) is 0 Å². The van der Waals surface area contributed by atoms with Gasteiger partial charge in [-0.15, -0.1) is 0 Å². The molecule has 0 bridgehead atoms. The first-order valence-electron chi connectivity index (χ1n) is 42.9. The standard InChI is InChI=1S/C108H88BN3/c1-106(2,3)85-64-91(76-45-27-15-28-46-76)104(93(66-85)83-59-79(72-37-19-11-20-38-72)57-80(60-83)73-39-21-12-22-40-73)111-99-56-53-78(71-35-17-10-18-36-71)63-96(99)109-95-55-54-88(110-97-51-33-31-49-89(97)90-50-32-34-52-98(90)110)70-100(95)112(102-69-87(108(7,8)9)68-101(111)103(102)109)105-92(77-47-29-16-30-48-77)65-86(107(4,5)6)67-94(105)84-61-81(74-41-23-13-24-42-74)58-82(62-84)75-43-25-14-26-44-75/h10-70H,1-9H3/i31D,32D,33D,34D,49D,50D,51D,52D. The molecule has 0 aliphatic carbocycles. The summed E-state index contributed by atoms with van der Waals surface area (Å²) in [6.45, 7) is 20.1. The van der Waals surface area contributed by atoms with Crippen LogP contribution in [-0.4, -0.2) is 11.3 Å². The lowest BCUT2D eigenvalue weighted by molar-refractivity contribution is 0.590. The molecule has 0 saturated heterocycles. The molecule has 17 aromatic rings. The Morgan fingerprint density at radius 3 is 0.946 bits per heavy atom. The fourth-order valence-corrected chi connectivity index (χ4v) is 17.0. The average Bonchev–Trinajstić information content (AvgIpc) is 0.686. The van der Waals surface area contributed by atoms with Crippen LogP contribution in [0.5, 0.6) is 0 Å². The van der Waals surface area contributed by atoms with E-state index in [1.54, 1.807) is 4.57 Å². The van der Waals surface area contributed by atoms with Crippen molar-refractivity contribution in [3.8, 4) is 106 Å². The van der Waals surface area contributed by atoms with Crippen molar-refractivity contribution >= 4 is 79.0 Å². The van der Waals surface area contributed by atoms with E-state index in [0.29, 0.717) is 5.69 Å². The van der Waals surface area contributed by atoms with Crippen LogP contribution in [0, 0.1) is 0 Å². The monoisotopic (exact) mass is 1450 g/mol. The van der Waals surface area contributed by atoms with Crippen molar-refractivity contribution < 1.29 is 11.0 Å². The summed E-state index contributed by atoms with van der Waals surface area (Å²) in [7, 11) is 0. The lowest BCUT2D eigenvalue weighted by atomic mass is 9.33. The van der Waals surface area contributed by atoms with Crippen molar-refractivity contribution in [2.24, 2.45) is 0 Å². The summed E-state index contributed by atoms with van der Waals surface area (Å²) in [4.78, 5) is 5.12. The van der Waals surface area contributed by atoms with Gasteiger partial charge < -0.3 is 14.4 Å². The Kier molecular flexibility index (Phi) is 15.0. The Morgan fingerprint density at radius 1 is 0.250 bits per heavy atom. The molecule has 0 saturated carbocycles. The van der Waals surface area contributed by atoms with Gasteiger partial charge in [-0.05, 0) is 230 Å². The maximum atomic E-state index is 10.0. The molecule has 3 nitrogen and oxygen atoms in total. The molecule has 0 spiro atoms. The van der Waals surface area contributed by atoms with Gasteiger partial charge in [-0.1, -0.05) is 329 Å². The number of anilines is 6. The number of nitrogens with zero attached hydrogens (tertiary/aromatic N) is 3. The van der Waals surface area contributed by atoms with Crippen molar-refractivity contribution in [3.05, 3.63) is 387 Å². The molecule has 2 aliphatic rings. The van der Waals surface area contributed by atoms with E-state index in [-0.39, 0.29) is 39.3 Å². The van der Waals surface area contributed by atoms with Crippen LogP contribution in [0.1, 0.15) is 90.0 Å². The van der Waals surface area contributed by atoms with E-state index < -0.39 is 53.8 Å². The summed E-state index contributed by atoms with van der Waals surface area (Å²) < 4.78 is 78.4. The highest BCUT2D eigenvalue weighted by Gasteiger charge is 2.47. The predicted molar refractivity (Wildman–Crippen MR) is 480 cm³/mol. The van der Waals surface area contributed by atoms with Crippen LogP contribution >= 0.6 is 0 Å². The smallest absolute Gasteiger partial charge is 0.252 e. The van der Waals surface area contributed by atoms with E-state index in [0.717, 1.165) is 162 Å². The first-order valence-corrected chi connectivity index (χ1v) is 38.9. The molecule has 0 N–H and O–H groups in total. The van der Waals surface area contributed by atoms with Gasteiger partial charge in [-0.3, -0.25) is 0 Å². The molecule has 19 rings (SSSR count). The quantitative estimate of drug-likeness (QED) is 0.113. The fourth-order valence-electron chi connectivity index (χ4n) is 17.0. The maximum absolute atomic E-state index is 10.0. The number of hydrogen-bond acceptors (Lipinski definition) is 2. The Morgan fingerprint density at radius 2 is 0.571 bits per heavy atom. The summed E-state index contributed by atoms with van der Waals surface area (Å²) in [5.74, 6) is 0. The topological polar surface area (TPSA) is 11.4 Å². The second-order valence-electron chi connectivity index (χ2n) is 33.1. The third kappa shape index (κ3) is 12.3. The number of para-hydroxylation sites is 2. The van der Waals surface area contributed by atoms with Crippen molar-refractivity contribution in [2.75, 3.05) is 9.80 Å². The van der Waals surface area contributed by atoms with Crippen molar-refractivity contribution in [1.29, 1.82) is 0 Å². The molecule has 2 aliphatic heterocycles. The Balaban J connectivity index is 1.03. The van der Waals surface area contributed by atoms with Gasteiger partial charge in [0.25, 0.3) is 6.71 Å². The zero-order valence-electron chi connectivity index (χ0n) is 72.5. The molecular formula is C108H88BN3. The van der Waals surface area contributed by atoms with Gasteiger partial charge in [-0.2, -0.15) is 0 Å². The number of aromatic nitrogens is 1. The lowest BCUT2D eigenvalue weighted by Crippen LogP contribution is -2.61. The molecule has 112 heavy (non-hydrogen) atoms. The zero-order chi connectivity index (χ0) is 83.1. The van der Waals surface area contributed by atoms with Crippen molar-refractivity contribution in [3.63, 3.8) is 0 Å². The van der Waals surface area contributed by atoms with Gasteiger partial charge >= 0.3 is 0 Å². The van der Waals surface area contributed by atoms with E-state index in [1.807, 2.05) is 6.07 Å². The van der Waals surface area contributed by atoms with Crippen LogP contribution in [0.4, 0.5) is 34.1 Å². The van der Waals surface area contributed by atoms with Gasteiger partial charge in [0.15, 0.2) is 0 Å². The van der Waals surface area contributed by atoms with Crippen LogP contribution in [-0.2, 0) is 16.2 Å². The van der Waals surface area contributed by atoms with Gasteiger partial charge in [0, 0.05) is 61.5 Å². The van der Waals surface area contributed by atoms with Crippen LogP contribution in [0.3, 0.4) is 0 Å². The van der Waals surface area contributed by atoms with Crippen LogP contribution in [0.2, 0.25) is 0 Å². The maximum Gasteiger partial charge on any atom is 0.252 e. The molecule has 538 valence electrons. The summed E-state index contributed by atoms with van der Waals surface area (Å²) in [5.41, 5.74) is 29.7. The molecule has 1 aromatic heterocycles. The average molecular weight is 1450 g/mol. The third-order valence-electron chi connectivity index (χ3n) is 22.8. The number of fused-ring (bicyclic) bond motifs is 7. The van der Waals surface area contributed by atoms with Crippen molar-refractivity contribution in [1.82, 2.24) is 4.57 Å². The molecule has 0 radical (unpaired) electrons. The molecule has 0 unspecified atom stereocenters. The number of hydrogen-bond donors (Lipinski definition) is 0. The minimum Gasteiger partial charge on any atom is -0.310 e. The second-order valence-corrected chi connectivity index (χ2v) is 33.1. The van der Waals surface area contributed by atoms with Gasteiger partial charge in [0.05, 0.1) is 33.4 Å². The summed E-state index contributed by atoms with van der Waals surface area (Å²) >= 11 is 0. The first kappa shape index (κ1) is 60.8. The summed E-state index contributed by atoms with van der Waals surface area (Å²) in [6, 6.07) is 113. The number of benzene rings is 16. The summed E-state index contributed by atoms with van der Waals surface area (Å²) in [6.07, 6.45) is 0. The Labute approximate surface area is 671 Å². The highest BCUT2D eigenvalue weighted by atomic mass is 15.2. The highest BCUT2D eigenvalue weighted by molar-refractivity contribution is 7.00. The van der Waals surface area contributed by atoms with Gasteiger partial charge in [-0.25, -0.2) is 0 Å². The molecular weight excluding hydrogens is 1350 g/mol. The van der Waals surface area contributed by atoms with E-state index in [2.05, 4.69) is 388 Å². The predicted octanol–water partition coefficient (Wildman–Crippen LogP) is 27.8. The molecule has 0 amide bonds. The molecule has 0 fully saturated rings. The van der Waals surface area contributed by atoms with Crippen LogP contribution < -0.4 is 26.2 Å². The SMILES string of the molecule is [2H]c1c([2H])c([2H])c2c(c1[2H])c1c([2H])c([2H])c([2H])c([2H])c1n2-c1ccc2c(c1)N(c1c(-c3ccccc3)cc(C(C)(C)C)cc1-c1cc(-c3ccccc3)cc(-c3ccccc3)c1)c1cc(C(C)(C)C)cc3c1B2c1cc(-c2ccccc2)ccc1N3c1c(-c2ccccc2)cc(C(C)(C)C)cc1-c1cc(-c2ccccc2)cc(-c2ccccc2)c1. The molecule has 4 heteroatoms. The molecule has 0 atom stereocenters. The van der Waals surface area contributed by atoms with Crippen LogP contribution in [0.25, 0.3) is 128 Å². The van der Waals surface area contributed by atoms with E-state index in [9.17, 15) is 11.0 Å². The first-order chi connectivity index (χ1) is 57.8. The minimum atomic E-state index is -0.542. The third-order valence-corrected chi connectivity index (χ3v) is 22.8. The minimum absolute atomic E-state index is 0.00363. The summed E-state index contributed by atoms with van der Waals surface area (Å²) in [5, 5.41) is 0.00725. The second kappa shape index (κ2) is 27.5.